The second-order valence-corrected chi connectivity index (χ2v) is 10.4. The van der Waals surface area contributed by atoms with Gasteiger partial charge in [0.15, 0.2) is 0 Å². The Morgan fingerprint density at radius 2 is 1.85 bits per heavy atom. The number of rotatable bonds is 12. The van der Waals surface area contributed by atoms with Crippen LogP contribution in [0.3, 0.4) is 0 Å². The SMILES string of the molecule is CCOc1ccc(S(=O)(=O)[N+](O)(CCC(=O)N(C)Cc2cccnc2)[C@@H](C(N)=O)C(C)C)cc1. The summed E-state index contributed by atoms with van der Waals surface area (Å²) in [6.45, 7) is 5.07. The van der Waals surface area contributed by atoms with E-state index in [0.29, 0.717) is 12.4 Å². The summed E-state index contributed by atoms with van der Waals surface area (Å²) in [6.07, 6.45) is 2.90. The van der Waals surface area contributed by atoms with E-state index in [2.05, 4.69) is 4.98 Å². The molecule has 0 spiro atoms. The van der Waals surface area contributed by atoms with Crippen molar-refractivity contribution in [2.75, 3.05) is 20.2 Å². The van der Waals surface area contributed by atoms with Crippen LogP contribution in [0.5, 0.6) is 5.75 Å². The van der Waals surface area contributed by atoms with Crippen molar-refractivity contribution < 1.29 is 32.0 Å². The Hall–Kier alpha value is -3.02. The molecular weight excluding hydrogens is 460 g/mol. The van der Waals surface area contributed by atoms with Crippen molar-refractivity contribution in [3.63, 3.8) is 0 Å². The minimum atomic E-state index is -4.55. The Bertz CT molecular complexity index is 1080. The quantitative estimate of drug-likeness (QED) is 0.340. The number of hydrogen-bond acceptors (Lipinski definition) is 7. The first kappa shape index (κ1) is 27.2. The van der Waals surface area contributed by atoms with Crippen LogP contribution in [-0.2, 0) is 26.2 Å². The number of amides is 2. The lowest BCUT2D eigenvalue weighted by Crippen LogP contribution is -2.64. The number of ether oxygens (including phenoxy) is 1. The van der Waals surface area contributed by atoms with Crippen molar-refractivity contribution in [2.45, 2.75) is 44.7 Å². The number of nitrogens with zero attached hydrogens (tertiary/aromatic N) is 3. The molecule has 0 fully saturated rings. The molecule has 2 atom stereocenters. The lowest BCUT2D eigenvalue weighted by atomic mass is 10.0. The van der Waals surface area contributed by atoms with Gasteiger partial charge in [0.1, 0.15) is 17.2 Å². The molecule has 0 saturated carbocycles. The van der Waals surface area contributed by atoms with E-state index in [1.54, 1.807) is 52.3 Å². The number of pyridine rings is 1. The normalized spacial score (nSPS) is 14.3. The lowest BCUT2D eigenvalue weighted by Gasteiger charge is -2.36. The van der Waals surface area contributed by atoms with Crippen LogP contribution in [0.2, 0.25) is 0 Å². The van der Waals surface area contributed by atoms with Crippen molar-refractivity contribution in [1.29, 1.82) is 0 Å². The zero-order chi connectivity index (χ0) is 25.5. The second-order valence-electron chi connectivity index (χ2n) is 8.31. The molecule has 11 heteroatoms. The molecule has 2 aromatic rings. The fourth-order valence-corrected chi connectivity index (χ4v) is 5.58. The molecule has 1 aromatic carbocycles. The van der Waals surface area contributed by atoms with E-state index in [1.807, 2.05) is 0 Å². The van der Waals surface area contributed by atoms with Gasteiger partial charge in [0, 0.05) is 31.9 Å². The van der Waals surface area contributed by atoms with Crippen molar-refractivity contribution >= 4 is 21.8 Å². The molecule has 1 unspecified atom stereocenters. The Balaban J connectivity index is 2.36. The minimum absolute atomic E-state index is 0.221. The summed E-state index contributed by atoms with van der Waals surface area (Å²) in [6, 6.07) is 7.56. The molecule has 2 amide bonds. The predicted molar refractivity (Wildman–Crippen MR) is 125 cm³/mol. The number of hydrogen-bond donors (Lipinski definition) is 2. The monoisotopic (exact) mass is 493 g/mol. The number of quaternary nitrogens is 1. The van der Waals surface area contributed by atoms with Gasteiger partial charge in [0.2, 0.25) is 11.9 Å². The number of primary amides is 1. The van der Waals surface area contributed by atoms with Gasteiger partial charge in [-0.15, -0.1) is 0 Å². The molecule has 0 aliphatic heterocycles. The van der Waals surface area contributed by atoms with Gasteiger partial charge in [-0.05, 0) is 42.8 Å². The van der Waals surface area contributed by atoms with Gasteiger partial charge in [-0.1, -0.05) is 24.0 Å². The van der Waals surface area contributed by atoms with Gasteiger partial charge in [-0.3, -0.25) is 14.6 Å². The highest BCUT2D eigenvalue weighted by Crippen LogP contribution is 2.30. The zero-order valence-corrected chi connectivity index (χ0v) is 20.7. The smallest absolute Gasteiger partial charge is 0.357 e. The maximum atomic E-state index is 13.6. The topological polar surface area (TPSA) is 140 Å². The molecule has 2 rings (SSSR count). The largest absolute Gasteiger partial charge is 0.494 e. The zero-order valence-electron chi connectivity index (χ0n) is 19.9. The maximum absolute atomic E-state index is 13.6. The van der Waals surface area contributed by atoms with Crippen molar-refractivity contribution in [3.8, 4) is 5.75 Å². The highest BCUT2D eigenvalue weighted by Gasteiger charge is 2.53. The van der Waals surface area contributed by atoms with Crippen molar-refractivity contribution in [1.82, 2.24) is 9.88 Å². The van der Waals surface area contributed by atoms with Crippen LogP contribution in [0.4, 0.5) is 0 Å². The summed E-state index contributed by atoms with van der Waals surface area (Å²) in [7, 11) is -2.98. The van der Waals surface area contributed by atoms with Crippen LogP contribution in [0, 0.1) is 5.92 Å². The van der Waals surface area contributed by atoms with Gasteiger partial charge >= 0.3 is 10.0 Å². The summed E-state index contributed by atoms with van der Waals surface area (Å²) in [4.78, 5) is 30.3. The molecule has 1 heterocycles. The fourth-order valence-electron chi connectivity index (χ4n) is 3.76. The molecule has 3 N–H and O–H groups in total. The number of carbonyl (C=O) groups is 2. The summed E-state index contributed by atoms with van der Waals surface area (Å²) in [5.74, 6) is -1.55. The standard InChI is InChI=1S/C23H32N4O6S/c1-5-33-19-8-10-20(11-9-19)34(31,32)27(30,22(17(2)3)23(24)29)14-12-21(28)26(4)16-18-7-6-13-25-15-18/h6-11,13,15,17,22,30H,5,12,14,16H2,1-4H3,(H-,24,29)/p+1/t22-,27?/m1/s1. The third-order valence-corrected chi connectivity index (χ3v) is 7.53. The molecule has 1 aromatic heterocycles. The minimum Gasteiger partial charge on any atom is -0.494 e. The van der Waals surface area contributed by atoms with E-state index in [0.717, 1.165) is 5.56 Å². The van der Waals surface area contributed by atoms with E-state index in [1.165, 1.54) is 29.2 Å². The Labute approximate surface area is 200 Å². The van der Waals surface area contributed by atoms with E-state index in [-0.39, 0.29) is 17.9 Å². The van der Waals surface area contributed by atoms with Crippen LogP contribution in [0.15, 0.2) is 53.7 Å². The first-order valence-corrected chi connectivity index (χ1v) is 12.4. The fraction of sp³-hybridized carbons (Fsp3) is 0.435. The summed E-state index contributed by atoms with van der Waals surface area (Å²) in [5, 5.41) is 11.5. The molecular formula is C23H33N4O6S+. The highest BCUT2D eigenvalue weighted by molar-refractivity contribution is 7.85. The first-order chi connectivity index (χ1) is 15.9. The van der Waals surface area contributed by atoms with E-state index in [9.17, 15) is 23.2 Å². The van der Waals surface area contributed by atoms with Gasteiger partial charge in [0.05, 0.1) is 13.0 Å². The molecule has 0 saturated heterocycles. The number of carbonyl (C=O) groups excluding carboxylic acids is 2. The molecule has 0 aliphatic rings. The van der Waals surface area contributed by atoms with E-state index in [4.69, 9.17) is 10.5 Å². The summed E-state index contributed by atoms with van der Waals surface area (Å²) >= 11 is 0. The Morgan fingerprint density at radius 1 is 1.21 bits per heavy atom. The molecule has 186 valence electrons. The number of sulfonamides is 1. The van der Waals surface area contributed by atoms with Crippen LogP contribution < -0.4 is 10.5 Å². The number of nitrogens with two attached hydrogens (primary N) is 1. The molecule has 0 radical (unpaired) electrons. The maximum Gasteiger partial charge on any atom is 0.357 e. The predicted octanol–water partition coefficient (Wildman–Crippen LogP) is 1.93. The van der Waals surface area contributed by atoms with Gasteiger partial charge in [0.25, 0.3) is 5.91 Å². The Morgan fingerprint density at radius 3 is 2.35 bits per heavy atom. The third-order valence-electron chi connectivity index (χ3n) is 5.42. The molecule has 0 aliphatic carbocycles. The van der Waals surface area contributed by atoms with Crippen LogP contribution in [-0.4, -0.2) is 65.6 Å². The highest BCUT2D eigenvalue weighted by atomic mass is 32.2. The average molecular weight is 494 g/mol. The molecule has 10 nitrogen and oxygen atoms in total. The Kier molecular flexibility index (Phi) is 9.14. The van der Waals surface area contributed by atoms with Gasteiger partial charge < -0.3 is 15.4 Å². The lowest BCUT2D eigenvalue weighted by molar-refractivity contribution is -1.02. The summed E-state index contributed by atoms with van der Waals surface area (Å²) in [5.41, 5.74) is 6.32. The van der Waals surface area contributed by atoms with Gasteiger partial charge in [-0.2, -0.15) is 13.6 Å². The van der Waals surface area contributed by atoms with E-state index < -0.39 is 44.4 Å². The van der Waals surface area contributed by atoms with E-state index >= 15 is 0 Å². The molecule has 0 bridgehead atoms. The second kappa shape index (κ2) is 11.4. The number of benzene rings is 1. The average Bonchev–Trinajstić information content (AvgIpc) is 2.78. The van der Waals surface area contributed by atoms with Crippen molar-refractivity contribution in [3.05, 3.63) is 54.4 Å². The van der Waals surface area contributed by atoms with Crippen LogP contribution >= 0.6 is 0 Å². The third kappa shape index (κ3) is 6.10. The summed E-state index contributed by atoms with van der Waals surface area (Å²) < 4.78 is 30.8. The first-order valence-electron chi connectivity index (χ1n) is 10.9. The number of aromatic nitrogens is 1. The molecule has 34 heavy (non-hydrogen) atoms. The van der Waals surface area contributed by atoms with Crippen LogP contribution in [0.1, 0.15) is 32.8 Å². The van der Waals surface area contributed by atoms with Gasteiger partial charge in [-0.25, -0.2) is 0 Å². The number of hydroxylamine groups is 2. The van der Waals surface area contributed by atoms with Crippen LogP contribution in [0.25, 0.3) is 0 Å². The van der Waals surface area contributed by atoms with Crippen molar-refractivity contribution in [2.24, 2.45) is 11.7 Å².